The Morgan fingerprint density at radius 3 is 2.44 bits per heavy atom. The van der Waals surface area contributed by atoms with Gasteiger partial charge in [0.1, 0.15) is 17.2 Å². The van der Waals surface area contributed by atoms with Gasteiger partial charge in [0, 0.05) is 28.7 Å². The van der Waals surface area contributed by atoms with E-state index in [1.165, 1.54) is 5.56 Å². The van der Waals surface area contributed by atoms with Crippen molar-refractivity contribution in [2.75, 3.05) is 11.1 Å². The number of fused-ring (bicyclic) bond motifs is 1. The van der Waals surface area contributed by atoms with Gasteiger partial charge < -0.3 is 15.8 Å². The molecule has 1 aromatic heterocycles. The summed E-state index contributed by atoms with van der Waals surface area (Å²) in [6.07, 6.45) is 0. The number of pyridine rings is 1. The Bertz CT molecular complexity index is 880. The van der Waals surface area contributed by atoms with Gasteiger partial charge in [-0.15, -0.1) is 0 Å². The Morgan fingerprint density at radius 2 is 1.76 bits per heavy atom. The van der Waals surface area contributed by atoms with Gasteiger partial charge in [0.25, 0.3) is 0 Å². The van der Waals surface area contributed by atoms with E-state index in [1.807, 2.05) is 64.1 Å². The van der Waals surface area contributed by atoms with E-state index in [0.717, 1.165) is 33.7 Å². The average Bonchev–Trinajstić information content (AvgIpc) is 2.53. The number of anilines is 2. The van der Waals surface area contributed by atoms with Crippen molar-refractivity contribution in [3.63, 3.8) is 0 Å². The van der Waals surface area contributed by atoms with Crippen LogP contribution in [0.25, 0.3) is 10.8 Å². The zero-order chi connectivity index (χ0) is 18.0. The number of hydrogen-bond acceptors (Lipinski definition) is 4. The Kier molecular flexibility index (Phi) is 4.53. The van der Waals surface area contributed by atoms with Gasteiger partial charge in [-0.05, 0) is 57.5 Å². The standard InChI is InChI=1S/C21H25N3O/c1-14-12-18-17(6-5-7-19(18)22)20(24-14)23-13-15-8-10-16(11-9-15)25-21(2,3)4/h5-12H,13,22H2,1-4H3,(H,23,24). The van der Waals surface area contributed by atoms with E-state index in [2.05, 4.69) is 22.4 Å². The van der Waals surface area contributed by atoms with E-state index < -0.39 is 0 Å². The number of hydrogen-bond donors (Lipinski definition) is 2. The zero-order valence-corrected chi connectivity index (χ0v) is 15.3. The molecule has 0 saturated heterocycles. The fourth-order valence-corrected chi connectivity index (χ4v) is 2.78. The Labute approximate surface area is 149 Å². The Balaban J connectivity index is 1.78. The third-order valence-corrected chi connectivity index (χ3v) is 3.84. The van der Waals surface area contributed by atoms with Gasteiger partial charge in [-0.25, -0.2) is 4.98 Å². The maximum atomic E-state index is 6.10. The van der Waals surface area contributed by atoms with E-state index >= 15 is 0 Å². The fraction of sp³-hybridized carbons (Fsp3) is 0.286. The van der Waals surface area contributed by atoms with Crippen molar-refractivity contribution in [1.29, 1.82) is 0 Å². The highest BCUT2D eigenvalue weighted by molar-refractivity contribution is 5.99. The summed E-state index contributed by atoms with van der Waals surface area (Å²) in [6.45, 7) is 8.81. The summed E-state index contributed by atoms with van der Waals surface area (Å²) in [7, 11) is 0. The van der Waals surface area contributed by atoms with Crippen molar-refractivity contribution >= 4 is 22.3 Å². The topological polar surface area (TPSA) is 60.2 Å². The maximum absolute atomic E-state index is 6.10. The molecule has 130 valence electrons. The van der Waals surface area contributed by atoms with Crippen LogP contribution in [0.4, 0.5) is 11.5 Å². The molecule has 0 fully saturated rings. The number of benzene rings is 2. The van der Waals surface area contributed by atoms with Crippen LogP contribution in [0.2, 0.25) is 0 Å². The first-order valence-corrected chi connectivity index (χ1v) is 8.49. The number of rotatable bonds is 4. The number of ether oxygens (including phenoxy) is 1. The van der Waals surface area contributed by atoms with Crippen LogP contribution < -0.4 is 15.8 Å². The molecule has 0 saturated carbocycles. The predicted molar refractivity (Wildman–Crippen MR) is 105 cm³/mol. The highest BCUT2D eigenvalue weighted by Crippen LogP contribution is 2.27. The van der Waals surface area contributed by atoms with Crippen molar-refractivity contribution in [1.82, 2.24) is 4.98 Å². The molecule has 0 aliphatic carbocycles. The first kappa shape index (κ1) is 17.1. The summed E-state index contributed by atoms with van der Waals surface area (Å²) in [5, 5.41) is 5.51. The molecule has 2 aromatic carbocycles. The molecule has 0 bridgehead atoms. The number of nitrogen functional groups attached to an aromatic ring is 1. The van der Waals surface area contributed by atoms with Gasteiger partial charge in [0.15, 0.2) is 0 Å². The normalized spacial score (nSPS) is 11.5. The summed E-state index contributed by atoms with van der Waals surface area (Å²) in [6, 6.07) is 16.1. The second-order valence-electron chi connectivity index (χ2n) is 7.27. The van der Waals surface area contributed by atoms with E-state index in [0.29, 0.717) is 6.54 Å². The largest absolute Gasteiger partial charge is 0.488 e. The van der Waals surface area contributed by atoms with Crippen LogP contribution in [0.1, 0.15) is 32.0 Å². The molecule has 1 heterocycles. The molecular formula is C21H25N3O. The van der Waals surface area contributed by atoms with Crippen molar-refractivity contribution in [2.24, 2.45) is 0 Å². The number of nitrogens with two attached hydrogens (primary N) is 1. The number of nitrogens with one attached hydrogen (secondary N) is 1. The second kappa shape index (κ2) is 6.63. The number of nitrogens with zero attached hydrogens (tertiary/aromatic N) is 1. The van der Waals surface area contributed by atoms with Gasteiger partial charge in [-0.1, -0.05) is 24.3 Å². The molecule has 3 rings (SSSR count). The monoisotopic (exact) mass is 335 g/mol. The minimum absolute atomic E-state index is 0.190. The highest BCUT2D eigenvalue weighted by atomic mass is 16.5. The summed E-state index contributed by atoms with van der Waals surface area (Å²) < 4.78 is 5.86. The SMILES string of the molecule is Cc1cc2c(N)cccc2c(NCc2ccc(OC(C)(C)C)cc2)n1. The zero-order valence-electron chi connectivity index (χ0n) is 15.3. The summed E-state index contributed by atoms with van der Waals surface area (Å²) in [5.41, 5.74) is 8.80. The van der Waals surface area contributed by atoms with Gasteiger partial charge in [0.05, 0.1) is 0 Å². The van der Waals surface area contributed by atoms with Gasteiger partial charge in [0.2, 0.25) is 0 Å². The van der Waals surface area contributed by atoms with Gasteiger partial charge in [-0.3, -0.25) is 0 Å². The lowest BCUT2D eigenvalue weighted by Gasteiger charge is -2.21. The summed E-state index contributed by atoms with van der Waals surface area (Å²) in [5.74, 6) is 1.74. The van der Waals surface area contributed by atoms with Crippen LogP contribution in [0.3, 0.4) is 0 Å². The lowest BCUT2D eigenvalue weighted by atomic mass is 10.1. The molecule has 0 radical (unpaired) electrons. The third kappa shape index (κ3) is 4.21. The average molecular weight is 335 g/mol. The molecule has 0 aliphatic heterocycles. The van der Waals surface area contributed by atoms with E-state index in [-0.39, 0.29) is 5.60 Å². The van der Waals surface area contributed by atoms with E-state index in [4.69, 9.17) is 10.5 Å². The lowest BCUT2D eigenvalue weighted by Crippen LogP contribution is -2.22. The number of aryl methyl sites for hydroxylation is 1. The molecule has 4 heteroatoms. The maximum Gasteiger partial charge on any atom is 0.134 e. The summed E-state index contributed by atoms with van der Waals surface area (Å²) in [4.78, 5) is 4.63. The quantitative estimate of drug-likeness (QED) is 0.665. The Hall–Kier alpha value is -2.75. The second-order valence-corrected chi connectivity index (χ2v) is 7.27. The van der Waals surface area contributed by atoms with Crippen LogP contribution in [0, 0.1) is 6.92 Å². The molecule has 4 nitrogen and oxygen atoms in total. The molecule has 0 spiro atoms. The van der Waals surface area contributed by atoms with Crippen molar-refractivity contribution in [3.05, 3.63) is 59.8 Å². The number of aromatic nitrogens is 1. The molecular weight excluding hydrogens is 310 g/mol. The molecule has 0 unspecified atom stereocenters. The lowest BCUT2D eigenvalue weighted by molar-refractivity contribution is 0.131. The van der Waals surface area contributed by atoms with Gasteiger partial charge in [-0.2, -0.15) is 0 Å². The predicted octanol–water partition coefficient (Wildman–Crippen LogP) is 4.91. The highest BCUT2D eigenvalue weighted by Gasteiger charge is 2.11. The fourth-order valence-electron chi connectivity index (χ4n) is 2.78. The van der Waals surface area contributed by atoms with E-state index in [9.17, 15) is 0 Å². The third-order valence-electron chi connectivity index (χ3n) is 3.84. The first-order chi connectivity index (χ1) is 11.8. The first-order valence-electron chi connectivity index (χ1n) is 8.49. The van der Waals surface area contributed by atoms with Crippen LogP contribution in [-0.2, 0) is 6.54 Å². The molecule has 0 amide bonds. The minimum atomic E-state index is -0.190. The van der Waals surface area contributed by atoms with Crippen LogP contribution in [-0.4, -0.2) is 10.6 Å². The van der Waals surface area contributed by atoms with E-state index in [1.54, 1.807) is 0 Å². The molecule has 25 heavy (non-hydrogen) atoms. The minimum Gasteiger partial charge on any atom is -0.488 e. The molecule has 3 N–H and O–H groups in total. The molecule has 3 aromatic rings. The van der Waals surface area contributed by atoms with Crippen molar-refractivity contribution < 1.29 is 4.74 Å². The smallest absolute Gasteiger partial charge is 0.134 e. The molecule has 0 aliphatic rings. The molecule has 0 atom stereocenters. The van der Waals surface area contributed by atoms with Crippen molar-refractivity contribution in [2.45, 2.75) is 39.8 Å². The Morgan fingerprint density at radius 1 is 1.04 bits per heavy atom. The van der Waals surface area contributed by atoms with Crippen LogP contribution in [0.15, 0.2) is 48.5 Å². The van der Waals surface area contributed by atoms with Crippen LogP contribution >= 0.6 is 0 Å². The summed E-state index contributed by atoms with van der Waals surface area (Å²) >= 11 is 0. The van der Waals surface area contributed by atoms with Crippen LogP contribution in [0.5, 0.6) is 5.75 Å². The van der Waals surface area contributed by atoms with Crippen molar-refractivity contribution in [3.8, 4) is 5.75 Å². The van der Waals surface area contributed by atoms with Gasteiger partial charge >= 0.3 is 0 Å².